The molecule has 0 fully saturated rings. The van der Waals surface area contributed by atoms with Crippen LogP contribution in [0.5, 0.6) is 0 Å². The first kappa shape index (κ1) is 17.8. The van der Waals surface area contributed by atoms with E-state index in [1.54, 1.807) is 23.5 Å². The molecule has 130 valence electrons. The van der Waals surface area contributed by atoms with E-state index in [2.05, 4.69) is 10.3 Å². The van der Waals surface area contributed by atoms with E-state index in [-0.39, 0.29) is 11.7 Å². The van der Waals surface area contributed by atoms with Crippen LogP contribution in [0.15, 0.2) is 30.3 Å². The van der Waals surface area contributed by atoms with Gasteiger partial charge in [-0.1, -0.05) is 12.1 Å². The molecule has 0 saturated heterocycles. The summed E-state index contributed by atoms with van der Waals surface area (Å²) in [5.41, 5.74) is 3.00. The summed E-state index contributed by atoms with van der Waals surface area (Å²) in [4.78, 5) is 19.7. The van der Waals surface area contributed by atoms with E-state index in [1.165, 1.54) is 28.3 Å². The molecular formula is C19H19FN2OS2. The zero-order valence-corrected chi connectivity index (χ0v) is 16.0. The van der Waals surface area contributed by atoms with E-state index in [1.807, 2.05) is 26.8 Å². The monoisotopic (exact) mass is 374 g/mol. The number of thiazole rings is 1. The average molecular weight is 375 g/mol. The Labute approximate surface area is 154 Å². The van der Waals surface area contributed by atoms with Crippen LogP contribution < -0.4 is 5.32 Å². The SMILES string of the molecule is Cc1nc(C)c(CCNC(=O)c2cc(C)c(-c3ccc(F)cc3)s2)s1. The Hall–Kier alpha value is -2.05. The summed E-state index contributed by atoms with van der Waals surface area (Å²) >= 11 is 3.11. The lowest BCUT2D eigenvalue weighted by atomic mass is 10.1. The van der Waals surface area contributed by atoms with Gasteiger partial charge in [0.1, 0.15) is 5.82 Å². The van der Waals surface area contributed by atoms with Gasteiger partial charge >= 0.3 is 0 Å². The number of aryl methyl sites for hydroxylation is 3. The highest BCUT2D eigenvalue weighted by molar-refractivity contribution is 7.17. The van der Waals surface area contributed by atoms with E-state index in [0.29, 0.717) is 11.4 Å². The number of nitrogens with one attached hydrogen (secondary N) is 1. The second-order valence-corrected chi connectivity index (χ2v) is 8.22. The molecular weight excluding hydrogens is 355 g/mol. The van der Waals surface area contributed by atoms with Gasteiger partial charge in [-0.3, -0.25) is 4.79 Å². The molecule has 0 unspecified atom stereocenters. The third kappa shape index (κ3) is 4.14. The maximum Gasteiger partial charge on any atom is 0.261 e. The van der Waals surface area contributed by atoms with Gasteiger partial charge in [0, 0.05) is 22.7 Å². The number of hydrogen-bond acceptors (Lipinski definition) is 4. The first-order chi connectivity index (χ1) is 11.9. The van der Waals surface area contributed by atoms with Crippen LogP contribution in [0, 0.1) is 26.6 Å². The summed E-state index contributed by atoms with van der Waals surface area (Å²) in [5, 5.41) is 4.03. The number of amides is 1. The van der Waals surface area contributed by atoms with Crippen LogP contribution >= 0.6 is 22.7 Å². The van der Waals surface area contributed by atoms with Crippen LogP contribution in [0.3, 0.4) is 0 Å². The second kappa shape index (κ2) is 7.45. The number of carbonyl (C=O) groups excluding carboxylic acids is 1. The number of hydrogen-bond donors (Lipinski definition) is 1. The molecule has 0 aliphatic rings. The Balaban J connectivity index is 1.65. The Morgan fingerprint density at radius 3 is 2.52 bits per heavy atom. The molecule has 0 saturated carbocycles. The Kier molecular flexibility index (Phi) is 5.30. The summed E-state index contributed by atoms with van der Waals surface area (Å²) < 4.78 is 13.1. The van der Waals surface area contributed by atoms with Gasteiger partial charge in [0.2, 0.25) is 0 Å². The number of rotatable bonds is 5. The van der Waals surface area contributed by atoms with E-state index in [9.17, 15) is 9.18 Å². The summed E-state index contributed by atoms with van der Waals surface area (Å²) in [6.45, 7) is 6.54. The summed E-state index contributed by atoms with van der Waals surface area (Å²) in [7, 11) is 0. The van der Waals surface area contributed by atoms with Crippen molar-refractivity contribution in [3.63, 3.8) is 0 Å². The molecule has 0 aliphatic carbocycles. The Morgan fingerprint density at radius 1 is 1.16 bits per heavy atom. The number of nitrogens with zero attached hydrogens (tertiary/aromatic N) is 1. The van der Waals surface area contributed by atoms with Crippen molar-refractivity contribution in [2.45, 2.75) is 27.2 Å². The topological polar surface area (TPSA) is 42.0 Å². The van der Waals surface area contributed by atoms with Crippen LogP contribution in [-0.2, 0) is 6.42 Å². The van der Waals surface area contributed by atoms with Crippen LogP contribution in [0.25, 0.3) is 10.4 Å². The minimum absolute atomic E-state index is 0.0691. The predicted molar refractivity (Wildman–Crippen MR) is 102 cm³/mol. The lowest BCUT2D eigenvalue weighted by molar-refractivity contribution is 0.0958. The molecule has 0 bridgehead atoms. The second-order valence-electron chi connectivity index (χ2n) is 5.88. The molecule has 0 aliphatic heterocycles. The molecule has 1 N–H and O–H groups in total. The van der Waals surface area contributed by atoms with Crippen LogP contribution in [0.2, 0.25) is 0 Å². The number of thiophene rings is 1. The first-order valence-corrected chi connectivity index (χ1v) is 9.65. The van der Waals surface area contributed by atoms with Crippen molar-refractivity contribution >= 4 is 28.6 Å². The highest BCUT2D eigenvalue weighted by atomic mass is 32.1. The molecule has 6 heteroatoms. The third-order valence-electron chi connectivity index (χ3n) is 3.89. The lowest BCUT2D eigenvalue weighted by Gasteiger charge is -2.02. The standard InChI is InChI=1S/C19H19FN2OS2/c1-11-10-17(25-18(11)14-4-6-15(20)7-5-14)19(23)21-9-8-16-12(2)22-13(3)24-16/h4-7,10H,8-9H2,1-3H3,(H,21,23). The van der Waals surface area contributed by atoms with Crippen molar-refractivity contribution in [1.82, 2.24) is 10.3 Å². The summed E-state index contributed by atoms with van der Waals surface area (Å²) in [5.74, 6) is -0.329. The molecule has 2 aromatic heterocycles. The molecule has 3 rings (SSSR count). The highest BCUT2D eigenvalue weighted by Gasteiger charge is 2.14. The fourth-order valence-corrected chi connectivity index (χ4v) is 4.69. The van der Waals surface area contributed by atoms with Gasteiger partial charge in [0.05, 0.1) is 15.6 Å². The quantitative estimate of drug-likeness (QED) is 0.689. The van der Waals surface area contributed by atoms with Crippen LogP contribution in [0.1, 0.15) is 30.8 Å². The van der Waals surface area contributed by atoms with Crippen LogP contribution in [0.4, 0.5) is 4.39 Å². The maximum atomic E-state index is 13.1. The van der Waals surface area contributed by atoms with E-state index in [4.69, 9.17) is 0 Å². The lowest BCUT2D eigenvalue weighted by Crippen LogP contribution is -2.24. The number of halogens is 1. The van der Waals surface area contributed by atoms with Gasteiger partial charge in [-0.25, -0.2) is 9.37 Å². The fourth-order valence-electron chi connectivity index (χ4n) is 2.66. The van der Waals surface area contributed by atoms with E-state index in [0.717, 1.165) is 33.1 Å². The van der Waals surface area contributed by atoms with Gasteiger partial charge in [-0.15, -0.1) is 22.7 Å². The van der Waals surface area contributed by atoms with Crippen molar-refractivity contribution in [3.05, 3.63) is 62.2 Å². The molecule has 25 heavy (non-hydrogen) atoms. The van der Waals surface area contributed by atoms with Gasteiger partial charge in [-0.05, 0) is 50.1 Å². The number of benzene rings is 1. The normalized spacial score (nSPS) is 10.9. The molecule has 0 atom stereocenters. The van der Waals surface area contributed by atoms with Crippen molar-refractivity contribution in [2.24, 2.45) is 0 Å². The largest absolute Gasteiger partial charge is 0.351 e. The Bertz CT molecular complexity index is 897. The minimum atomic E-state index is -0.260. The summed E-state index contributed by atoms with van der Waals surface area (Å²) in [6, 6.07) is 8.25. The minimum Gasteiger partial charge on any atom is -0.351 e. The van der Waals surface area contributed by atoms with Crippen molar-refractivity contribution < 1.29 is 9.18 Å². The molecule has 1 aromatic carbocycles. The van der Waals surface area contributed by atoms with Gasteiger partial charge in [-0.2, -0.15) is 0 Å². The average Bonchev–Trinajstić information content (AvgIpc) is 3.10. The van der Waals surface area contributed by atoms with Crippen LogP contribution in [-0.4, -0.2) is 17.4 Å². The molecule has 3 aromatic rings. The van der Waals surface area contributed by atoms with E-state index >= 15 is 0 Å². The molecule has 1 amide bonds. The van der Waals surface area contributed by atoms with Crippen molar-refractivity contribution in [3.8, 4) is 10.4 Å². The van der Waals surface area contributed by atoms with Gasteiger partial charge in [0.25, 0.3) is 5.91 Å². The van der Waals surface area contributed by atoms with Crippen molar-refractivity contribution in [2.75, 3.05) is 6.54 Å². The Morgan fingerprint density at radius 2 is 1.88 bits per heavy atom. The number of carbonyl (C=O) groups is 1. The first-order valence-electron chi connectivity index (χ1n) is 8.01. The van der Waals surface area contributed by atoms with E-state index < -0.39 is 0 Å². The highest BCUT2D eigenvalue weighted by Crippen LogP contribution is 2.32. The van der Waals surface area contributed by atoms with Gasteiger partial charge < -0.3 is 5.32 Å². The smallest absolute Gasteiger partial charge is 0.261 e. The maximum absolute atomic E-state index is 13.1. The fraction of sp³-hybridized carbons (Fsp3) is 0.263. The molecule has 0 radical (unpaired) electrons. The van der Waals surface area contributed by atoms with Gasteiger partial charge in [0.15, 0.2) is 0 Å². The van der Waals surface area contributed by atoms with Crippen molar-refractivity contribution in [1.29, 1.82) is 0 Å². The third-order valence-corrected chi connectivity index (χ3v) is 6.30. The molecule has 3 nitrogen and oxygen atoms in total. The molecule has 0 spiro atoms. The number of aromatic nitrogens is 1. The zero-order valence-electron chi connectivity index (χ0n) is 14.4. The summed E-state index contributed by atoms with van der Waals surface area (Å²) in [6.07, 6.45) is 0.790. The predicted octanol–water partition coefficient (Wildman–Crippen LogP) is 4.91. The zero-order chi connectivity index (χ0) is 18.0. The molecule has 2 heterocycles.